The number of rotatable bonds is 14. The lowest BCUT2D eigenvalue weighted by Gasteiger charge is -2.61. The van der Waals surface area contributed by atoms with E-state index >= 15 is 0 Å². The summed E-state index contributed by atoms with van der Waals surface area (Å²) in [6, 6.07) is 0. The largest absolute Gasteiger partial charge is 0.119 e. The van der Waals surface area contributed by atoms with E-state index in [2.05, 4.69) is 40.9 Å². The van der Waals surface area contributed by atoms with Crippen molar-refractivity contribution in [3.63, 3.8) is 0 Å². The Balaban J connectivity index is 1.50. The van der Waals surface area contributed by atoms with Crippen LogP contribution in [0.1, 0.15) is 118 Å². The van der Waals surface area contributed by atoms with E-state index in [4.69, 9.17) is 18.2 Å². The highest BCUT2D eigenvalue weighted by molar-refractivity contribution is 6.24. The highest BCUT2D eigenvalue weighted by Crippen LogP contribution is 2.66. The van der Waals surface area contributed by atoms with Gasteiger partial charge in [-0.3, -0.25) is 0 Å². The predicted octanol–water partition coefficient (Wildman–Crippen LogP) is 10.3. The van der Waals surface area contributed by atoms with Crippen LogP contribution in [0.5, 0.6) is 0 Å². The molecule has 0 aromatic heterocycles. The molecule has 4 saturated carbocycles. The van der Waals surface area contributed by atoms with Gasteiger partial charge < -0.3 is 0 Å². The molecule has 0 heterocycles. The van der Waals surface area contributed by atoms with Gasteiger partial charge in [0.05, 0.1) is 0 Å². The smallest absolute Gasteiger partial charge is 0.0460 e. The first-order valence-corrected chi connectivity index (χ1v) is 14.1. The summed E-state index contributed by atoms with van der Waals surface area (Å²) >= 11 is 7.13. The minimum Gasteiger partial charge on any atom is -0.119 e. The molecular formula is C31H51Cl. The molecule has 4 aliphatic rings. The van der Waals surface area contributed by atoms with Gasteiger partial charge in [0.2, 0.25) is 0 Å². The quantitative estimate of drug-likeness (QED) is 0.179. The maximum atomic E-state index is 7.13. The van der Waals surface area contributed by atoms with Crippen LogP contribution >= 0.6 is 11.6 Å². The van der Waals surface area contributed by atoms with E-state index < -0.39 is 0 Å². The van der Waals surface area contributed by atoms with Crippen molar-refractivity contribution in [1.82, 2.24) is 0 Å². The summed E-state index contributed by atoms with van der Waals surface area (Å²) < 4.78 is 0. The van der Waals surface area contributed by atoms with Gasteiger partial charge in [0.15, 0.2) is 0 Å². The Hall–Kier alpha value is -0.490. The molecule has 32 heavy (non-hydrogen) atoms. The second-order valence-electron chi connectivity index (χ2n) is 12.6. The molecule has 5 atom stereocenters. The second kappa shape index (κ2) is 10.8. The van der Waals surface area contributed by atoms with E-state index in [1.165, 1.54) is 94.6 Å². The van der Waals surface area contributed by atoms with Crippen LogP contribution in [0.4, 0.5) is 0 Å². The van der Waals surface area contributed by atoms with Gasteiger partial charge in [0.1, 0.15) is 0 Å². The highest BCUT2D eigenvalue weighted by atomic mass is 35.5. The third-order valence-corrected chi connectivity index (χ3v) is 9.99. The van der Waals surface area contributed by atoms with Crippen molar-refractivity contribution in [3.8, 4) is 0 Å². The molecule has 0 radical (unpaired) electrons. The van der Waals surface area contributed by atoms with Crippen LogP contribution in [0.2, 0.25) is 0 Å². The van der Waals surface area contributed by atoms with E-state index in [1.54, 1.807) is 5.57 Å². The molecule has 0 nitrogen and oxygen atoms in total. The van der Waals surface area contributed by atoms with Gasteiger partial charge in [-0.15, -0.1) is 11.6 Å². The molecule has 4 fully saturated rings. The zero-order chi connectivity index (χ0) is 23.5. The van der Waals surface area contributed by atoms with Crippen molar-refractivity contribution < 1.29 is 0 Å². The monoisotopic (exact) mass is 458 g/mol. The summed E-state index contributed by atoms with van der Waals surface area (Å²) in [5.41, 5.74) is 4.53. The topological polar surface area (TPSA) is 0 Å². The van der Waals surface area contributed by atoms with Gasteiger partial charge in [-0.1, -0.05) is 82.9 Å². The summed E-state index contributed by atoms with van der Waals surface area (Å²) in [5, 5.41) is 0. The fourth-order valence-electron chi connectivity index (χ4n) is 8.13. The second-order valence-corrected chi connectivity index (χ2v) is 13.4. The maximum Gasteiger partial charge on any atom is 0.0460 e. The number of halogens is 1. The average molecular weight is 459 g/mol. The zero-order valence-corrected chi connectivity index (χ0v) is 22.5. The molecule has 1 heteroatoms. The van der Waals surface area contributed by atoms with Crippen molar-refractivity contribution in [3.05, 3.63) is 36.5 Å². The van der Waals surface area contributed by atoms with Crippen LogP contribution in [0.25, 0.3) is 0 Å². The summed E-state index contributed by atoms with van der Waals surface area (Å²) in [7, 11) is 0. The summed E-state index contributed by atoms with van der Waals surface area (Å²) in [6.45, 7) is 22.4. The Labute approximate surface area is 205 Å². The van der Waals surface area contributed by atoms with E-state index in [0.717, 1.165) is 30.1 Å². The number of alkyl halides is 1. The molecule has 182 valence electrons. The minimum atomic E-state index is 0.0966. The molecule has 0 aromatic carbocycles. The molecule has 0 aromatic rings. The fourth-order valence-corrected chi connectivity index (χ4v) is 8.82. The summed E-state index contributed by atoms with van der Waals surface area (Å²) in [4.78, 5) is 0.0966. The van der Waals surface area contributed by atoms with Crippen molar-refractivity contribution in [1.29, 1.82) is 0 Å². The molecule has 0 aliphatic heterocycles. The van der Waals surface area contributed by atoms with Crippen LogP contribution < -0.4 is 0 Å². The van der Waals surface area contributed by atoms with Gasteiger partial charge in [-0.25, -0.2) is 0 Å². The van der Waals surface area contributed by atoms with Gasteiger partial charge in [0.25, 0.3) is 0 Å². The van der Waals surface area contributed by atoms with Gasteiger partial charge in [-0.2, -0.15) is 0 Å². The molecule has 0 saturated heterocycles. The predicted molar refractivity (Wildman–Crippen MR) is 143 cm³/mol. The molecule has 4 rings (SSSR count). The standard InChI is InChI=1S/C31H51Cl/c1-8-26(11-10-23(5)14-22(3)4)12-13-27(9-2)15-24(6)25(7)30-17-28-16-29(18-30)20-31(32,19-28)21-30/h24,26-29H,3,5,7-21H2,1-2,4,6H3. The number of hydrogen-bond donors (Lipinski definition) is 0. The number of allylic oxidation sites excluding steroid dienone is 3. The minimum absolute atomic E-state index is 0.0966. The normalized spacial score (nSPS) is 33.7. The lowest BCUT2D eigenvalue weighted by Crippen LogP contribution is -2.54. The van der Waals surface area contributed by atoms with Crippen LogP contribution in [0.15, 0.2) is 36.5 Å². The van der Waals surface area contributed by atoms with Crippen molar-refractivity contribution >= 4 is 11.6 Å². The van der Waals surface area contributed by atoms with Crippen molar-refractivity contribution in [2.24, 2.45) is 35.0 Å². The third-order valence-electron chi connectivity index (χ3n) is 9.55. The molecule has 0 N–H and O–H groups in total. The molecule has 0 amide bonds. The first-order chi connectivity index (χ1) is 15.1. The Kier molecular flexibility index (Phi) is 8.85. The highest BCUT2D eigenvalue weighted by Gasteiger charge is 2.58. The lowest BCUT2D eigenvalue weighted by atomic mass is 9.46. The van der Waals surface area contributed by atoms with E-state index in [1.807, 2.05) is 0 Å². The lowest BCUT2D eigenvalue weighted by molar-refractivity contribution is -0.0224. The first-order valence-electron chi connectivity index (χ1n) is 13.8. The first kappa shape index (κ1) is 26.1. The molecule has 4 bridgehead atoms. The van der Waals surface area contributed by atoms with Gasteiger partial charge >= 0.3 is 0 Å². The molecule has 5 unspecified atom stereocenters. The maximum absolute atomic E-state index is 7.13. The van der Waals surface area contributed by atoms with Gasteiger partial charge in [-0.05, 0) is 106 Å². The Morgan fingerprint density at radius 2 is 1.53 bits per heavy atom. The van der Waals surface area contributed by atoms with Crippen molar-refractivity contribution in [2.45, 2.75) is 122 Å². The molecule has 0 spiro atoms. The average Bonchev–Trinajstić information content (AvgIpc) is 2.69. The Morgan fingerprint density at radius 1 is 0.938 bits per heavy atom. The van der Waals surface area contributed by atoms with E-state index in [-0.39, 0.29) is 4.87 Å². The zero-order valence-electron chi connectivity index (χ0n) is 21.8. The Bertz CT molecular complexity index is 671. The number of hydrogen-bond acceptors (Lipinski definition) is 0. The van der Waals surface area contributed by atoms with Crippen LogP contribution in [0.3, 0.4) is 0 Å². The summed E-state index contributed by atoms with van der Waals surface area (Å²) in [5.74, 6) is 4.03. The van der Waals surface area contributed by atoms with Gasteiger partial charge in [0, 0.05) is 4.87 Å². The van der Waals surface area contributed by atoms with E-state index in [0.29, 0.717) is 11.3 Å². The molecule has 4 aliphatic carbocycles. The Morgan fingerprint density at radius 3 is 2.06 bits per heavy atom. The van der Waals surface area contributed by atoms with Crippen LogP contribution in [-0.2, 0) is 0 Å². The fraction of sp³-hybridized carbons (Fsp3) is 0.806. The van der Waals surface area contributed by atoms with Crippen molar-refractivity contribution in [2.75, 3.05) is 0 Å². The SMILES string of the molecule is C=C(C)CC(=C)CCC(CC)CCC(CC)CC(C)C(=C)C12CC3CC(CC(Cl)(C3)C1)C2. The van der Waals surface area contributed by atoms with E-state index in [9.17, 15) is 0 Å². The van der Waals surface area contributed by atoms with Crippen LogP contribution in [-0.4, -0.2) is 4.87 Å². The van der Waals surface area contributed by atoms with Crippen LogP contribution in [0, 0.1) is 35.0 Å². The third kappa shape index (κ3) is 6.34. The summed E-state index contributed by atoms with van der Waals surface area (Å²) in [6.07, 6.45) is 18.1. The molecular weight excluding hydrogens is 408 g/mol.